The van der Waals surface area contributed by atoms with E-state index in [0.717, 1.165) is 5.39 Å². The van der Waals surface area contributed by atoms with Crippen molar-refractivity contribution in [3.05, 3.63) is 124 Å². The van der Waals surface area contributed by atoms with E-state index in [1.807, 2.05) is 32.0 Å². The average Bonchev–Trinajstić information content (AvgIpc) is 3.53. The van der Waals surface area contributed by atoms with Crippen LogP contribution in [0.25, 0.3) is 10.9 Å². The van der Waals surface area contributed by atoms with Crippen LogP contribution < -0.4 is 16.1 Å². The van der Waals surface area contributed by atoms with E-state index in [4.69, 9.17) is 32.8 Å². The molecule has 4 aromatic rings. The number of aliphatic carboxylic acids is 1. The molecule has 1 aromatic heterocycles. The lowest BCUT2D eigenvalue weighted by atomic mass is 9.90. The first-order chi connectivity index (χ1) is 24.4. The van der Waals surface area contributed by atoms with Gasteiger partial charge >= 0.3 is 11.9 Å². The number of Topliss-reactive ketones (excluding diaryl/α,β-unsaturated/α-hetero) is 1. The van der Waals surface area contributed by atoms with Crippen molar-refractivity contribution >= 4 is 63.6 Å². The molecule has 3 aromatic carbocycles. The van der Waals surface area contributed by atoms with E-state index >= 15 is 0 Å². The van der Waals surface area contributed by atoms with Crippen LogP contribution in [0.4, 0.5) is 0 Å². The largest absolute Gasteiger partial charge is 0.481 e. The molecule has 0 spiro atoms. The van der Waals surface area contributed by atoms with Crippen molar-refractivity contribution in [3.63, 3.8) is 0 Å². The SMILES string of the molecule is CC(C)[C@H](NC(=O)c1ccc2ccccc2n1)C1=CC(Cc2ccccc2)(C(=O)N[C@@H](CC(=O)O)C(=O)COC(=O)c2c(Cl)cccc2Cl)ON1. The Morgan fingerprint density at radius 2 is 1.59 bits per heavy atom. The number of benzene rings is 3. The number of carbonyl (C=O) groups excluding carboxylic acids is 4. The van der Waals surface area contributed by atoms with Gasteiger partial charge in [-0.3, -0.25) is 29.5 Å². The van der Waals surface area contributed by atoms with Gasteiger partial charge in [-0.25, -0.2) is 9.78 Å². The molecule has 14 heteroatoms. The second-order valence-corrected chi connectivity index (χ2v) is 13.0. The van der Waals surface area contributed by atoms with Crippen molar-refractivity contribution in [1.29, 1.82) is 0 Å². The number of aromatic nitrogens is 1. The van der Waals surface area contributed by atoms with E-state index in [2.05, 4.69) is 21.1 Å². The van der Waals surface area contributed by atoms with Crippen LogP contribution in [0, 0.1) is 5.92 Å². The summed E-state index contributed by atoms with van der Waals surface area (Å²) in [6.45, 7) is 2.86. The number of para-hydroxylation sites is 1. The fourth-order valence-corrected chi connectivity index (χ4v) is 6.06. The van der Waals surface area contributed by atoms with Gasteiger partial charge in [-0.15, -0.1) is 0 Å². The molecule has 0 bridgehead atoms. The summed E-state index contributed by atoms with van der Waals surface area (Å²) in [4.78, 5) is 75.7. The number of hydroxylamine groups is 1. The molecule has 0 aliphatic carbocycles. The second-order valence-electron chi connectivity index (χ2n) is 12.2. The van der Waals surface area contributed by atoms with Gasteiger partial charge in [0.2, 0.25) is 0 Å². The Balaban J connectivity index is 1.39. The number of nitrogens with zero attached hydrogens (tertiary/aromatic N) is 1. The molecule has 1 aliphatic heterocycles. The molecular weight excluding hydrogens is 699 g/mol. The van der Waals surface area contributed by atoms with Crippen LogP contribution in [-0.4, -0.2) is 63.9 Å². The van der Waals surface area contributed by atoms with E-state index in [9.17, 15) is 29.1 Å². The minimum absolute atomic E-state index is 0.00363. The first kappa shape index (κ1) is 37.0. The zero-order valence-corrected chi connectivity index (χ0v) is 29.0. The number of halogens is 2. The highest BCUT2D eigenvalue weighted by Gasteiger charge is 2.46. The number of esters is 1. The number of hydrogen-bond acceptors (Lipinski definition) is 9. The average molecular weight is 734 g/mol. The molecule has 1 aliphatic rings. The van der Waals surface area contributed by atoms with Gasteiger partial charge in [-0.2, -0.15) is 0 Å². The van der Waals surface area contributed by atoms with Crippen LogP contribution in [-0.2, 0) is 30.4 Å². The highest BCUT2D eigenvalue weighted by Crippen LogP contribution is 2.30. The third-order valence-corrected chi connectivity index (χ3v) is 8.77. The van der Waals surface area contributed by atoms with Gasteiger partial charge in [0.05, 0.1) is 39.3 Å². The third kappa shape index (κ3) is 8.90. The maximum absolute atomic E-state index is 14.1. The minimum Gasteiger partial charge on any atom is -0.481 e. The number of hydrogen-bond donors (Lipinski definition) is 4. The van der Waals surface area contributed by atoms with Crippen LogP contribution in [0.1, 0.15) is 46.7 Å². The second kappa shape index (κ2) is 16.2. The zero-order valence-electron chi connectivity index (χ0n) is 27.5. The van der Waals surface area contributed by atoms with Gasteiger partial charge in [0.15, 0.2) is 18.0 Å². The predicted octanol–water partition coefficient (Wildman–Crippen LogP) is 5.08. The van der Waals surface area contributed by atoms with Crippen molar-refractivity contribution in [1.82, 2.24) is 21.1 Å². The molecule has 3 atom stereocenters. The normalized spacial score (nSPS) is 16.5. The first-order valence-corrected chi connectivity index (χ1v) is 16.7. The first-order valence-electron chi connectivity index (χ1n) is 15.9. The van der Waals surface area contributed by atoms with Crippen LogP contribution in [0.15, 0.2) is 96.7 Å². The Morgan fingerprint density at radius 3 is 2.27 bits per heavy atom. The summed E-state index contributed by atoms with van der Waals surface area (Å²) in [5, 5.41) is 15.9. The molecule has 0 saturated heterocycles. The summed E-state index contributed by atoms with van der Waals surface area (Å²) in [6.07, 6.45) is 0.662. The van der Waals surface area contributed by atoms with Crippen molar-refractivity contribution in [3.8, 4) is 0 Å². The molecule has 1 unspecified atom stereocenters. The standard InChI is InChI=1S/C37H34Cl2N4O8/c1-21(2)33(42-34(47)27-16-15-23-11-6-7-14-26(23)40-27)29-19-37(51-43-29,18-22-9-4-3-5-10-22)36(49)41-28(17-31(45)46)30(44)20-50-35(48)32-24(38)12-8-13-25(32)39/h3-16,19,21,28,33,43H,17-18,20H2,1-2H3,(H,41,49)(H,42,47)(H,45,46)/t28-,33-,37?/m0/s1. The van der Waals surface area contributed by atoms with Gasteiger partial charge in [-0.05, 0) is 41.8 Å². The number of carbonyl (C=O) groups is 5. The van der Waals surface area contributed by atoms with Crippen LogP contribution in [0.3, 0.4) is 0 Å². The van der Waals surface area contributed by atoms with Crippen LogP contribution >= 0.6 is 23.2 Å². The lowest BCUT2D eigenvalue weighted by molar-refractivity contribution is -0.148. The topological polar surface area (TPSA) is 173 Å². The Hall–Kier alpha value is -5.30. The Kier molecular flexibility index (Phi) is 11.7. The minimum atomic E-state index is -1.80. The number of ketones is 1. The quantitative estimate of drug-likeness (QED) is 0.128. The molecular formula is C37H34Cl2N4O8. The van der Waals surface area contributed by atoms with E-state index in [-0.39, 0.29) is 33.6 Å². The maximum atomic E-state index is 14.1. The van der Waals surface area contributed by atoms with Crippen LogP contribution in [0.2, 0.25) is 10.0 Å². The van der Waals surface area contributed by atoms with Gasteiger partial charge < -0.3 is 20.5 Å². The summed E-state index contributed by atoms with van der Waals surface area (Å²) in [6, 6.07) is 21.8. The summed E-state index contributed by atoms with van der Waals surface area (Å²) in [7, 11) is 0. The number of fused-ring (bicyclic) bond motifs is 1. The third-order valence-electron chi connectivity index (χ3n) is 8.14. The number of amides is 2. The van der Waals surface area contributed by atoms with Crippen molar-refractivity contribution in [2.75, 3.05) is 6.61 Å². The highest BCUT2D eigenvalue weighted by molar-refractivity contribution is 6.39. The van der Waals surface area contributed by atoms with Gasteiger partial charge in [-0.1, -0.05) is 97.7 Å². The molecule has 51 heavy (non-hydrogen) atoms. The highest BCUT2D eigenvalue weighted by atomic mass is 35.5. The van der Waals surface area contributed by atoms with E-state index in [1.165, 1.54) is 24.3 Å². The summed E-state index contributed by atoms with van der Waals surface area (Å²) in [5.41, 5.74) is 2.72. The van der Waals surface area contributed by atoms with Crippen LogP contribution in [0.5, 0.6) is 0 Å². The molecule has 0 fully saturated rings. The molecule has 4 N–H and O–H groups in total. The van der Waals surface area contributed by atoms with E-state index in [0.29, 0.717) is 16.8 Å². The molecule has 2 amide bonds. The zero-order chi connectivity index (χ0) is 36.7. The molecule has 0 saturated carbocycles. The lowest BCUT2D eigenvalue weighted by Gasteiger charge is -2.27. The van der Waals surface area contributed by atoms with Gasteiger partial charge in [0.1, 0.15) is 11.7 Å². The maximum Gasteiger partial charge on any atom is 0.341 e. The Morgan fingerprint density at radius 1 is 0.902 bits per heavy atom. The number of pyridine rings is 1. The fourth-order valence-electron chi connectivity index (χ4n) is 5.51. The smallest absolute Gasteiger partial charge is 0.341 e. The van der Waals surface area contributed by atoms with E-state index < -0.39 is 60.2 Å². The lowest BCUT2D eigenvalue weighted by Crippen LogP contribution is -2.54. The fraction of sp³-hybridized carbons (Fsp3) is 0.243. The Bertz CT molecular complexity index is 1980. The molecule has 2 heterocycles. The summed E-state index contributed by atoms with van der Waals surface area (Å²) >= 11 is 12.1. The number of carboxylic acid groups (broad SMARTS) is 1. The molecule has 5 rings (SSSR count). The number of ether oxygens (including phenoxy) is 1. The van der Waals surface area contributed by atoms with Gasteiger partial charge in [0.25, 0.3) is 11.8 Å². The predicted molar refractivity (Wildman–Crippen MR) is 189 cm³/mol. The summed E-state index contributed by atoms with van der Waals surface area (Å²) < 4.78 is 5.11. The van der Waals surface area contributed by atoms with E-state index in [1.54, 1.807) is 48.5 Å². The number of rotatable bonds is 14. The molecule has 12 nitrogen and oxygen atoms in total. The van der Waals surface area contributed by atoms with Crippen molar-refractivity contribution in [2.24, 2.45) is 5.92 Å². The summed E-state index contributed by atoms with van der Waals surface area (Å²) in [5.74, 6) is -4.79. The number of nitrogens with one attached hydrogen (secondary N) is 3. The number of carboxylic acids is 1. The monoisotopic (exact) mass is 732 g/mol. The molecule has 0 radical (unpaired) electrons. The van der Waals surface area contributed by atoms with Crippen molar-refractivity contribution in [2.45, 2.75) is 44.4 Å². The molecule has 264 valence electrons. The van der Waals surface area contributed by atoms with Gasteiger partial charge in [0, 0.05) is 11.8 Å². The van der Waals surface area contributed by atoms with Crippen molar-refractivity contribution < 1.29 is 38.7 Å². The Labute approximate surface area is 303 Å².